The average Bonchev–Trinajstić information content (AvgIpc) is 1.93. The first kappa shape index (κ1) is 8.49. The Kier molecular flexibility index (Phi) is 2.84. The van der Waals surface area contributed by atoms with Gasteiger partial charge in [-0.25, -0.2) is 4.21 Å². The Morgan fingerprint density at radius 1 is 1.73 bits per heavy atom. The van der Waals surface area contributed by atoms with E-state index in [1.54, 1.807) is 12.3 Å². The van der Waals surface area contributed by atoms with Gasteiger partial charge in [0, 0.05) is 12.5 Å². The van der Waals surface area contributed by atoms with Crippen molar-refractivity contribution in [3.63, 3.8) is 0 Å². The monoisotopic (exact) mass is 190 g/mol. The van der Waals surface area contributed by atoms with Gasteiger partial charge in [-0.15, -0.1) is 0 Å². The van der Waals surface area contributed by atoms with Crippen molar-refractivity contribution < 1.29 is 4.21 Å². The molecule has 0 radical (unpaired) electrons. The maximum absolute atomic E-state index is 10.7. The molecule has 0 saturated carbocycles. The lowest BCUT2D eigenvalue weighted by Gasteiger charge is -2.02. The Hall–Kier alpha value is -0.610. The van der Waals surface area contributed by atoms with E-state index in [0.717, 1.165) is 0 Å². The molecule has 0 aliphatic rings. The number of rotatable bonds is 2. The van der Waals surface area contributed by atoms with Crippen molar-refractivity contribution in [2.75, 3.05) is 11.0 Å². The molecule has 0 aliphatic carbocycles. The van der Waals surface area contributed by atoms with Gasteiger partial charge in [0.2, 0.25) is 0 Å². The smallest absolute Gasteiger partial charge is 0.114 e. The number of pyridine rings is 1. The summed E-state index contributed by atoms with van der Waals surface area (Å²) in [5.41, 5.74) is 0.593. The zero-order valence-electron chi connectivity index (χ0n) is 5.87. The quantitative estimate of drug-likeness (QED) is 0.767. The molecule has 0 fully saturated rings. The standard InChI is InChI=1S/C6H7ClN2OS/c1-11(10)9-6-4-8-3-2-5(6)7/h2-4,9H,1H3. The molecule has 0 amide bonds. The SMILES string of the molecule is CS(=O)Nc1cnccc1Cl. The lowest BCUT2D eigenvalue weighted by Crippen LogP contribution is -2.01. The summed E-state index contributed by atoms with van der Waals surface area (Å²) in [4.78, 5) is 3.82. The van der Waals surface area contributed by atoms with Gasteiger partial charge in [0.15, 0.2) is 0 Å². The highest BCUT2D eigenvalue weighted by Crippen LogP contribution is 2.18. The molecule has 0 aromatic carbocycles. The van der Waals surface area contributed by atoms with E-state index in [2.05, 4.69) is 9.71 Å². The van der Waals surface area contributed by atoms with E-state index in [-0.39, 0.29) is 0 Å². The molecule has 0 saturated heterocycles. The van der Waals surface area contributed by atoms with Crippen molar-refractivity contribution in [2.24, 2.45) is 0 Å². The molecule has 1 aromatic heterocycles. The molecule has 1 rings (SSSR count). The van der Waals surface area contributed by atoms with Crippen LogP contribution in [0.25, 0.3) is 0 Å². The third-order valence-corrected chi connectivity index (χ3v) is 1.86. The molecule has 1 unspecified atom stereocenters. The summed E-state index contributed by atoms with van der Waals surface area (Å²) in [7, 11) is -1.10. The van der Waals surface area contributed by atoms with Crippen molar-refractivity contribution in [2.45, 2.75) is 0 Å². The molecule has 1 atom stereocenters. The van der Waals surface area contributed by atoms with Gasteiger partial charge in [-0.05, 0) is 6.07 Å². The molecule has 60 valence electrons. The first-order valence-electron chi connectivity index (χ1n) is 2.90. The van der Waals surface area contributed by atoms with Crippen LogP contribution in [-0.4, -0.2) is 15.4 Å². The van der Waals surface area contributed by atoms with Crippen molar-refractivity contribution in [3.8, 4) is 0 Å². The lowest BCUT2D eigenvalue weighted by atomic mass is 10.4. The summed E-state index contributed by atoms with van der Waals surface area (Å²) in [6.45, 7) is 0. The van der Waals surface area contributed by atoms with Crippen LogP contribution in [0.15, 0.2) is 18.5 Å². The van der Waals surface area contributed by atoms with E-state index >= 15 is 0 Å². The van der Waals surface area contributed by atoms with Crippen molar-refractivity contribution in [3.05, 3.63) is 23.5 Å². The summed E-state index contributed by atoms with van der Waals surface area (Å²) in [5.74, 6) is 0. The van der Waals surface area contributed by atoms with Crippen LogP contribution in [0.5, 0.6) is 0 Å². The van der Waals surface area contributed by atoms with Crippen LogP contribution in [0.3, 0.4) is 0 Å². The summed E-state index contributed by atoms with van der Waals surface area (Å²) in [5, 5.41) is 0.523. The molecule has 0 spiro atoms. The second kappa shape index (κ2) is 3.69. The van der Waals surface area contributed by atoms with Crippen molar-refractivity contribution >= 4 is 28.3 Å². The number of anilines is 1. The van der Waals surface area contributed by atoms with Crippen LogP contribution >= 0.6 is 11.6 Å². The molecular formula is C6H7ClN2OS. The molecule has 1 N–H and O–H groups in total. The lowest BCUT2D eigenvalue weighted by molar-refractivity contribution is 0.690. The fourth-order valence-corrected chi connectivity index (χ4v) is 1.29. The van der Waals surface area contributed by atoms with E-state index in [1.165, 1.54) is 12.5 Å². The third-order valence-electron chi connectivity index (χ3n) is 1.02. The number of aromatic nitrogens is 1. The fraction of sp³-hybridized carbons (Fsp3) is 0.167. The molecular weight excluding hydrogens is 184 g/mol. The van der Waals surface area contributed by atoms with Gasteiger partial charge in [0.25, 0.3) is 0 Å². The Balaban J connectivity index is 2.86. The topological polar surface area (TPSA) is 42.0 Å². The number of hydrogen-bond donors (Lipinski definition) is 1. The summed E-state index contributed by atoms with van der Waals surface area (Å²) in [6, 6.07) is 1.64. The first-order chi connectivity index (χ1) is 5.20. The highest BCUT2D eigenvalue weighted by Gasteiger charge is 1.98. The van der Waals surface area contributed by atoms with E-state index in [9.17, 15) is 4.21 Å². The maximum atomic E-state index is 10.7. The highest BCUT2D eigenvalue weighted by molar-refractivity contribution is 7.85. The average molecular weight is 191 g/mol. The van der Waals surface area contributed by atoms with Crippen LogP contribution in [0.2, 0.25) is 5.02 Å². The molecule has 0 aliphatic heterocycles. The molecule has 1 heterocycles. The van der Waals surface area contributed by atoms with Gasteiger partial charge < -0.3 is 4.72 Å². The van der Waals surface area contributed by atoms with Crippen molar-refractivity contribution in [1.82, 2.24) is 4.98 Å². The van der Waals surface area contributed by atoms with E-state index < -0.39 is 11.0 Å². The predicted octanol–water partition coefficient (Wildman–Crippen LogP) is 1.44. The summed E-state index contributed by atoms with van der Waals surface area (Å²) >= 11 is 5.73. The van der Waals surface area contributed by atoms with Crippen LogP contribution in [0.1, 0.15) is 0 Å². The molecule has 0 bridgehead atoms. The highest BCUT2D eigenvalue weighted by atomic mass is 35.5. The fourth-order valence-electron chi connectivity index (χ4n) is 0.607. The zero-order valence-corrected chi connectivity index (χ0v) is 7.45. The number of nitrogens with zero attached hydrogens (tertiary/aromatic N) is 1. The van der Waals surface area contributed by atoms with E-state index in [0.29, 0.717) is 10.7 Å². The third kappa shape index (κ3) is 2.48. The Morgan fingerprint density at radius 2 is 2.45 bits per heavy atom. The van der Waals surface area contributed by atoms with E-state index in [1.807, 2.05) is 0 Å². The van der Waals surface area contributed by atoms with Crippen LogP contribution < -0.4 is 4.72 Å². The molecule has 3 nitrogen and oxygen atoms in total. The predicted molar refractivity (Wildman–Crippen MR) is 46.9 cm³/mol. The van der Waals surface area contributed by atoms with Crippen molar-refractivity contribution in [1.29, 1.82) is 0 Å². The second-order valence-electron chi connectivity index (χ2n) is 1.91. The van der Waals surface area contributed by atoms with Gasteiger partial charge in [0.05, 0.1) is 16.9 Å². The largest absolute Gasteiger partial charge is 0.302 e. The van der Waals surface area contributed by atoms with Crippen LogP contribution in [-0.2, 0) is 11.0 Å². The zero-order chi connectivity index (χ0) is 8.27. The number of halogens is 1. The second-order valence-corrected chi connectivity index (χ2v) is 3.43. The van der Waals surface area contributed by atoms with Gasteiger partial charge in [0.1, 0.15) is 11.0 Å². The van der Waals surface area contributed by atoms with Gasteiger partial charge in [-0.3, -0.25) is 4.98 Å². The Morgan fingerprint density at radius 3 is 3.00 bits per heavy atom. The van der Waals surface area contributed by atoms with Gasteiger partial charge >= 0.3 is 0 Å². The van der Waals surface area contributed by atoms with Crippen LogP contribution in [0.4, 0.5) is 5.69 Å². The Bertz CT molecular complexity index is 279. The minimum absolute atomic E-state index is 0.523. The number of hydrogen-bond acceptors (Lipinski definition) is 2. The minimum Gasteiger partial charge on any atom is -0.302 e. The Labute approximate surface area is 72.4 Å². The van der Waals surface area contributed by atoms with Crippen LogP contribution in [0, 0.1) is 0 Å². The van der Waals surface area contributed by atoms with Gasteiger partial charge in [-0.2, -0.15) is 0 Å². The normalized spacial score (nSPS) is 12.5. The summed E-state index contributed by atoms with van der Waals surface area (Å²) < 4.78 is 13.3. The molecule has 11 heavy (non-hydrogen) atoms. The summed E-state index contributed by atoms with van der Waals surface area (Å²) in [6.07, 6.45) is 4.64. The minimum atomic E-state index is -1.10. The van der Waals surface area contributed by atoms with E-state index in [4.69, 9.17) is 11.6 Å². The van der Waals surface area contributed by atoms with Gasteiger partial charge in [-0.1, -0.05) is 11.6 Å². The first-order valence-corrected chi connectivity index (χ1v) is 4.83. The number of nitrogens with one attached hydrogen (secondary N) is 1. The molecule has 5 heteroatoms. The molecule has 1 aromatic rings. The maximum Gasteiger partial charge on any atom is 0.114 e.